The van der Waals surface area contributed by atoms with Crippen molar-refractivity contribution in [2.24, 2.45) is 4.99 Å². The van der Waals surface area contributed by atoms with Crippen LogP contribution in [0.5, 0.6) is 0 Å². The van der Waals surface area contributed by atoms with Crippen molar-refractivity contribution in [2.45, 2.75) is 31.8 Å². The van der Waals surface area contributed by atoms with Crippen molar-refractivity contribution >= 4 is 54.7 Å². The average molecular weight is 603 g/mol. The lowest BCUT2D eigenvalue weighted by atomic mass is 9.94. The topological polar surface area (TPSA) is 71.0 Å². The third kappa shape index (κ3) is 5.73. The van der Waals surface area contributed by atoms with Crippen molar-refractivity contribution in [2.75, 3.05) is 26.0 Å². The minimum Gasteiger partial charge on any atom is -0.384 e. The summed E-state index contributed by atoms with van der Waals surface area (Å²) < 4.78 is 46.8. The number of fused-ring (bicyclic) bond motifs is 1. The molecule has 0 unspecified atom stereocenters. The number of benzene rings is 1. The van der Waals surface area contributed by atoms with E-state index < -0.39 is 21.9 Å². The van der Waals surface area contributed by atoms with Gasteiger partial charge in [-0.1, -0.05) is 40.5 Å². The Morgan fingerprint density at radius 1 is 1.40 bits per heavy atom. The maximum Gasteiger partial charge on any atom is 0.214 e. The molecule has 3 heterocycles. The molecule has 188 valence electrons. The second-order valence-corrected chi connectivity index (χ2v) is 12.0. The Bertz CT molecular complexity index is 1290. The van der Waals surface area contributed by atoms with Crippen molar-refractivity contribution in [3.63, 3.8) is 0 Å². The number of methoxy groups -OCH3 is 1. The molecule has 0 amide bonds. The summed E-state index contributed by atoms with van der Waals surface area (Å²) in [5, 5.41) is 2.33. The van der Waals surface area contributed by atoms with Crippen molar-refractivity contribution in [3.8, 4) is 0 Å². The number of sulfonamides is 1. The lowest BCUT2D eigenvalue weighted by Crippen LogP contribution is -2.40. The summed E-state index contributed by atoms with van der Waals surface area (Å²) in [6.07, 6.45) is 3.23. The zero-order valence-electron chi connectivity index (χ0n) is 19.3. The van der Waals surface area contributed by atoms with E-state index >= 15 is 0 Å². The number of ether oxygens (including phenoxy) is 1. The molecule has 0 saturated carbocycles. The predicted octanol–water partition coefficient (Wildman–Crippen LogP) is 5.41. The fourth-order valence-electron chi connectivity index (χ4n) is 4.44. The Labute approximate surface area is 222 Å². The molecule has 35 heavy (non-hydrogen) atoms. The number of rotatable bonds is 9. The normalized spacial score (nSPS) is 20.6. The van der Waals surface area contributed by atoms with Crippen LogP contribution in [0.3, 0.4) is 0 Å². The van der Waals surface area contributed by atoms with Gasteiger partial charge in [0.2, 0.25) is 10.0 Å². The average Bonchev–Trinajstić information content (AvgIpc) is 3.45. The monoisotopic (exact) mass is 601 g/mol. The first-order chi connectivity index (χ1) is 16.8. The highest BCUT2D eigenvalue weighted by atomic mass is 79.9. The molecule has 1 saturated heterocycles. The molecule has 2 aromatic rings. The van der Waals surface area contributed by atoms with Gasteiger partial charge in [0.25, 0.3) is 0 Å². The molecule has 6 nitrogen and oxygen atoms in total. The highest BCUT2D eigenvalue weighted by Crippen LogP contribution is 2.43. The van der Waals surface area contributed by atoms with Gasteiger partial charge in [0.1, 0.15) is 17.7 Å². The number of hydrogen-bond donors (Lipinski definition) is 1. The Balaban J connectivity index is 1.82. The van der Waals surface area contributed by atoms with Gasteiger partial charge in [-0.15, -0.1) is 11.3 Å². The highest BCUT2D eigenvalue weighted by molar-refractivity contribution is 9.11. The second-order valence-electron chi connectivity index (χ2n) is 8.29. The van der Waals surface area contributed by atoms with Gasteiger partial charge < -0.3 is 9.64 Å². The molecular weight excluding hydrogens is 577 g/mol. The maximum absolute atomic E-state index is 13.8. The first kappa shape index (κ1) is 26.5. The summed E-state index contributed by atoms with van der Waals surface area (Å²) in [6, 6.07) is 5.63. The first-order valence-corrected chi connectivity index (χ1v) is 15.0. The molecule has 2 atom stereocenters. The van der Waals surface area contributed by atoms with Gasteiger partial charge in [0.15, 0.2) is 0 Å². The SMILES string of the molecule is CCc1ccsc1C1=N[C@@H](c2ccc(F)cc2Cl)C(/C=C/Br)=C2C[C@H](NS(=O)(=O)CCOC)CN12. The first-order valence-electron chi connectivity index (χ1n) is 11.1. The molecule has 1 aromatic carbocycles. The Kier molecular flexibility index (Phi) is 8.50. The van der Waals surface area contributed by atoms with Gasteiger partial charge in [0.05, 0.1) is 17.2 Å². The summed E-state index contributed by atoms with van der Waals surface area (Å²) in [4.78, 5) is 10.0. The number of nitrogens with one attached hydrogen (secondary N) is 1. The number of hydrogen-bond acceptors (Lipinski definition) is 6. The fourth-order valence-corrected chi connectivity index (χ4v) is 7.16. The fraction of sp³-hybridized carbons (Fsp3) is 0.375. The van der Waals surface area contributed by atoms with E-state index in [0.29, 0.717) is 23.6 Å². The van der Waals surface area contributed by atoms with E-state index in [1.54, 1.807) is 22.4 Å². The van der Waals surface area contributed by atoms with E-state index in [1.165, 1.54) is 24.8 Å². The smallest absolute Gasteiger partial charge is 0.214 e. The summed E-state index contributed by atoms with van der Waals surface area (Å²) in [5.74, 6) is 0.262. The summed E-state index contributed by atoms with van der Waals surface area (Å²) >= 11 is 11.5. The van der Waals surface area contributed by atoms with E-state index in [4.69, 9.17) is 21.3 Å². The molecule has 0 radical (unpaired) electrons. The van der Waals surface area contributed by atoms with Gasteiger partial charge in [-0.2, -0.15) is 0 Å². The summed E-state index contributed by atoms with van der Waals surface area (Å²) in [5.41, 5.74) is 3.70. The van der Waals surface area contributed by atoms with Crippen LogP contribution in [0.2, 0.25) is 5.02 Å². The van der Waals surface area contributed by atoms with Gasteiger partial charge in [-0.25, -0.2) is 17.5 Å². The zero-order valence-corrected chi connectivity index (χ0v) is 23.3. The van der Waals surface area contributed by atoms with Crippen molar-refractivity contribution < 1.29 is 17.5 Å². The minimum absolute atomic E-state index is 0.104. The van der Waals surface area contributed by atoms with Crippen LogP contribution in [0.1, 0.15) is 35.4 Å². The Morgan fingerprint density at radius 2 is 2.20 bits per heavy atom. The number of nitrogens with zero attached hydrogens (tertiary/aromatic N) is 2. The number of aliphatic imine (C=N–C) groups is 1. The number of halogens is 3. The van der Waals surface area contributed by atoms with Gasteiger partial charge >= 0.3 is 0 Å². The van der Waals surface area contributed by atoms with Crippen LogP contribution in [0.25, 0.3) is 0 Å². The van der Waals surface area contributed by atoms with Crippen molar-refractivity contribution in [1.82, 2.24) is 9.62 Å². The molecule has 1 N–H and O–H groups in total. The molecule has 1 fully saturated rings. The van der Waals surface area contributed by atoms with Gasteiger partial charge in [0, 0.05) is 42.4 Å². The molecule has 2 aliphatic heterocycles. The van der Waals surface area contributed by atoms with Crippen LogP contribution in [-0.4, -0.2) is 51.2 Å². The molecule has 0 aliphatic carbocycles. The van der Waals surface area contributed by atoms with Crippen LogP contribution in [0.4, 0.5) is 4.39 Å². The molecule has 11 heteroatoms. The van der Waals surface area contributed by atoms with Gasteiger partial charge in [-0.3, -0.25) is 4.99 Å². The van der Waals surface area contributed by atoms with Crippen LogP contribution in [-0.2, 0) is 21.2 Å². The van der Waals surface area contributed by atoms with Crippen LogP contribution < -0.4 is 4.72 Å². The molecule has 0 bridgehead atoms. The van der Waals surface area contributed by atoms with E-state index in [1.807, 2.05) is 11.5 Å². The van der Waals surface area contributed by atoms with E-state index in [9.17, 15) is 12.8 Å². The van der Waals surface area contributed by atoms with Gasteiger partial charge in [-0.05, 0) is 52.2 Å². The zero-order chi connectivity index (χ0) is 25.2. The lowest BCUT2D eigenvalue weighted by molar-refractivity contribution is 0.216. The minimum atomic E-state index is -3.51. The molecular formula is C24H26BrClFN3O3S2. The Hall–Kier alpha value is -1.56. The third-order valence-corrected chi connectivity index (χ3v) is 8.98. The molecule has 0 spiro atoms. The van der Waals surface area contributed by atoms with Crippen molar-refractivity contribution in [3.05, 3.63) is 78.8 Å². The number of thiophene rings is 1. The standard InChI is InChI=1S/C24H26BrClFN3O3S2/c1-3-15-7-10-34-23(15)24-28-22(18-5-4-16(27)12-20(18)26)19(6-8-25)21-13-17(14-30(21)24)29-35(31,32)11-9-33-2/h4-8,10,12,17,22,29H,3,9,11,13-14H2,1-2H3/b8-6+/t17-,22-/m0/s1. The summed E-state index contributed by atoms with van der Waals surface area (Å²) in [6.45, 7) is 2.67. The third-order valence-electron chi connectivity index (χ3n) is 6.04. The van der Waals surface area contributed by atoms with Crippen LogP contribution in [0, 0.1) is 5.82 Å². The lowest BCUT2D eigenvalue weighted by Gasteiger charge is -2.32. The maximum atomic E-state index is 13.8. The van der Waals surface area contributed by atoms with Crippen molar-refractivity contribution in [1.29, 1.82) is 0 Å². The predicted molar refractivity (Wildman–Crippen MR) is 143 cm³/mol. The van der Waals surface area contributed by atoms with Crippen LogP contribution in [0.15, 0.2) is 57.0 Å². The van der Waals surface area contributed by atoms with E-state index in [2.05, 4.69) is 38.5 Å². The molecule has 4 rings (SSSR count). The second kappa shape index (κ2) is 11.2. The number of amidine groups is 1. The Morgan fingerprint density at radius 3 is 2.89 bits per heavy atom. The highest BCUT2D eigenvalue weighted by Gasteiger charge is 2.40. The van der Waals surface area contributed by atoms with Crippen LogP contribution >= 0.6 is 38.9 Å². The summed E-state index contributed by atoms with van der Waals surface area (Å²) in [7, 11) is -2.04. The quantitative estimate of drug-likeness (QED) is 0.417. The molecule has 1 aromatic heterocycles. The molecule has 2 aliphatic rings. The van der Waals surface area contributed by atoms with E-state index in [-0.39, 0.29) is 18.4 Å². The largest absolute Gasteiger partial charge is 0.384 e. The van der Waals surface area contributed by atoms with E-state index in [0.717, 1.165) is 28.4 Å². The number of aryl methyl sites for hydroxylation is 1.